The summed E-state index contributed by atoms with van der Waals surface area (Å²) in [6, 6.07) is 4.06. The molecule has 1 rings (SSSR count). The van der Waals surface area contributed by atoms with E-state index in [4.69, 9.17) is 10.1 Å². The van der Waals surface area contributed by atoms with E-state index in [1.54, 1.807) is 6.92 Å². The van der Waals surface area contributed by atoms with Crippen molar-refractivity contribution in [2.45, 2.75) is 13.0 Å². The van der Waals surface area contributed by atoms with Gasteiger partial charge >= 0.3 is 0 Å². The quantitative estimate of drug-likeness (QED) is 0.658. The van der Waals surface area contributed by atoms with Gasteiger partial charge in [0.1, 0.15) is 5.82 Å². The number of aliphatic hydroxyl groups excluding tert-OH is 1. The summed E-state index contributed by atoms with van der Waals surface area (Å²) >= 11 is 3.01. The Morgan fingerprint density at radius 2 is 2.33 bits per heavy atom. The second kappa shape index (κ2) is 5.23. The summed E-state index contributed by atoms with van der Waals surface area (Å²) in [5.74, 6) is -0.648. The molecule has 0 aromatic heterocycles. The fourth-order valence-corrected chi connectivity index (χ4v) is 1.46. The van der Waals surface area contributed by atoms with E-state index in [0.717, 1.165) is 0 Å². The number of halogens is 2. The summed E-state index contributed by atoms with van der Waals surface area (Å²) in [5, 5.41) is 17.0. The van der Waals surface area contributed by atoms with Crippen molar-refractivity contribution in [1.29, 1.82) is 5.41 Å². The van der Waals surface area contributed by atoms with Crippen LogP contribution in [0.3, 0.4) is 0 Å². The van der Waals surface area contributed by atoms with E-state index >= 15 is 0 Å². The number of nitrogens with one attached hydrogen (secondary N) is 1. The lowest BCUT2D eigenvalue weighted by molar-refractivity contribution is 0.190. The van der Waals surface area contributed by atoms with Crippen molar-refractivity contribution < 1.29 is 14.2 Å². The third-order valence-corrected chi connectivity index (χ3v) is 2.42. The van der Waals surface area contributed by atoms with Gasteiger partial charge < -0.3 is 9.84 Å². The van der Waals surface area contributed by atoms with Crippen molar-refractivity contribution in [3.05, 3.63) is 34.1 Å². The normalized spacial score (nSPS) is 12.3. The molecule has 0 heterocycles. The largest absolute Gasteiger partial charge is 0.479 e. The number of benzene rings is 1. The van der Waals surface area contributed by atoms with Gasteiger partial charge in [-0.2, -0.15) is 0 Å². The maximum Gasteiger partial charge on any atom is 0.214 e. The molecular formula is C10H11BrFNO2. The molecule has 1 atom stereocenters. The van der Waals surface area contributed by atoms with Crippen LogP contribution in [0.5, 0.6) is 0 Å². The third-order valence-electron chi connectivity index (χ3n) is 1.81. The van der Waals surface area contributed by atoms with E-state index in [2.05, 4.69) is 15.9 Å². The molecule has 0 saturated carbocycles. The third kappa shape index (κ3) is 3.00. The summed E-state index contributed by atoms with van der Waals surface area (Å²) in [5.41, 5.74) is 0.418. The molecule has 0 aliphatic carbocycles. The van der Waals surface area contributed by atoms with Crippen molar-refractivity contribution in [2.75, 3.05) is 6.61 Å². The number of hydrogen-bond donors (Lipinski definition) is 2. The molecule has 0 radical (unpaired) electrons. The molecule has 1 aromatic carbocycles. The van der Waals surface area contributed by atoms with Crippen LogP contribution < -0.4 is 0 Å². The summed E-state index contributed by atoms with van der Waals surface area (Å²) < 4.78 is 18.0. The Morgan fingerprint density at radius 3 is 2.87 bits per heavy atom. The van der Waals surface area contributed by atoms with Crippen LogP contribution in [-0.4, -0.2) is 17.6 Å². The average molecular weight is 276 g/mol. The molecule has 82 valence electrons. The Hall–Kier alpha value is -0.940. The van der Waals surface area contributed by atoms with E-state index < -0.39 is 11.9 Å². The number of aliphatic hydroxyl groups is 1. The SMILES string of the molecule is CCOC(=N)C(O)c1ccc(F)c(Br)c1. The zero-order chi connectivity index (χ0) is 11.4. The van der Waals surface area contributed by atoms with Gasteiger partial charge in [-0.05, 0) is 40.5 Å². The van der Waals surface area contributed by atoms with Crippen LogP contribution in [0.4, 0.5) is 4.39 Å². The van der Waals surface area contributed by atoms with Crippen LogP contribution in [0.15, 0.2) is 22.7 Å². The summed E-state index contributed by atoms with van der Waals surface area (Å²) in [4.78, 5) is 0. The van der Waals surface area contributed by atoms with Gasteiger partial charge in [0.05, 0.1) is 11.1 Å². The highest BCUT2D eigenvalue weighted by Crippen LogP contribution is 2.22. The summed E-state index contributed by atoms with van der Waals surface area (Å²) in [6.45, 7) is 2.04. The molecule has 0 aliphatic heterocycles. The fourth-order valence-electron chi connectivity index (χ4n) is 1.07. The molecule has 0 bridgehead atoms. The van der Waals surface area contributed by atoms with Gasteiger partial charge in [0.15, 0.2) is 6.10 Å². The van der Waals surface area contributed by atoms with Gasteiger partial charge in [-0.3, -0.25) is 5.41 Å². The highest BCUT2D eigenvalue weighted by molar-refractivity contribution is 9.10. The predicted molar refractivity (Wildman–Crippen MR) is 58.4 cm³/mol. The second-order valence-corrected chi connectivity index (χ2v) is 3.73. The van der Waals surface area contributed by atoms with Gasteiger partial charge in [0, 0.05) is 0 Å². The highest BCUT2D eigenvalue weighted by atomic mass is 79.9. The first-order valence-corrected chi connectivity index (χ1v) is 5.19. The maximum absolute atomic E-state index is 12.9. The summed E-state index contributed by atoms with van der Waals surface area (Å²) in [7, 11) is 0. The van der Waals surface area contributed by atoms with Crippen LogP contribution in [0.2, 0.25) is 0 Å². The molecule has 0 amide bonds. The minimum Gasteiger partial charge on any atom is -0.479 e. The van der Waals surface area contributed by atoms with Crippen molar-refractivity contribution in [1.82, 2.24) is 0 Å². The first-order chi connectivity index (χ1) is 7.06. The van der Waals surface area contributed by atoms with E-state index in [0.29, 0.717) is 12.2 Å². The number of ether oxygens (including phenoxy) is 1. The lowest BCUT2D eigenvalue weighted by Crippen LogP contribution is -2.14. The van der Waals surface area contributed by atoms with E-state index in [1.165, 1.54) is 18.2 Å². The minimum absolute atomic E-state index is 0.240. The molecule has 0 fully saturated rings. The summed E-state index contributed by atoms with van der Waals surface area (Å²) in [6.07, 6.45) is -1.15. The van der Waals surface area contributed by atoms with Gasteiger partial charge in [-0.1, -0.05) is 6.07 Å². The smallest absolute Gasteiger partial charge is 0.214 e. The number of hydrogen-bond acceptors (Lipinski definition) is 3. The monoisotopic (exact) mass is 275 g/mol. The minimum atomic E-state index is -1.15. The van der Waals surface area contributed by atoms with Crippen molar-refractivity contribution in [2.24, 2.45) is 0 Å². The van der Waals surface area contributed by atoms with Crippen molar-refractivity contribution in [3.63, 3.8) is 0 Å². The van der Waals surface area contributed by atoms with Crippen LogP contribution >= 0.6 is 15.9 Å². The first kappa shape index (κ1) is 12.1. The predicted octanol–water partition coefficient (Wildman–Crippen LogP) is 2.64. The van der Waals surface area contributed by atoms with E-state index in [-0.39, 0.29) is 10.4 Å². The zero-order valence-electron chi connectivity index (χ0n) is 8.13. The molecule has 2 N–H and O–H groups in total. The Bertz CT molecular complexity index is 370. The van der Waals surface area contributed by atoms with Crippen LogP contribution in [0, 0.1) is 11.2 Å². The molecule has 5 heteroatoms. The fraction of sp³-hybridized carbons (Fsp3) is 0.300. The molecule has 1 unspecified atom stereocenters. The van der Waals surface area contributed by atoms with Crippen LogP contribution in [0.1, 0.15) is 18.6 Å². The lowest BCUT2D eigenvalue weighted by Gasteiger charge is -2.12. The standard InChI is InChI=1S/C10H11BrFNO2/c1-2-15-10(13)9(14)6-3-4-8(12)7(11)5-6/h3-5,9,13-14H,2H2,1H3. The Labute approximate surface area is 95.5 Å². The van der Waals surface area contributed by atoms with Gasteiger partial charge in [0.25, 0.3) is 0 Å². The van der Waals surface area contributed by atoms with Gasteiger partial charge in [-0.25, -0.2) is 4.39 Å². The van der Waals surface area contributed by atoms with E-state index in [1.807, 2.05) is 0 Å². The van der Waals surface area contributed by atoms with E-state index in [9.17, 15) is 9.50 Å². The molecule has 0 spiro atoms. The van der Waals surface area contributed by atoms with Crippen LogP contribution in [0.25, 0.3) is 0 Å². The second-order valence-electron chi connectivity index (χ2n) is 2.87. The highest BCUT2D eigenvalue weighted by Gasteiger charge is 2.15. The van der Waals surface area contributed by atoms with Crippen LogP contribution in [-0.2, 0) is 4.74 Å². The average Bonchev–Trinajstić information content (AvgIpc) is 2.21. The first-order valence-electron chi connectivity index (χ1n) is 4.40. The Balaban J connectivity index is 2.86. The molecule has 15 heavy (non-hydrogen) atoms. The lowest BCUT2D eigenvalue weighted by atomic mass is 10.1. The Kier molecular flexibility index (Phi) is 4.23. The number of rotatable bonds is 3. The van der Waals surface area contributed by atoms with Crippen molar-refractivity contribution >= 4 is 21.8 Å². The van der Waals surface area contributed by atoms with Crippen molar-refractivity contribution in [3.8, 4) is 0 Å². The maximum atomic E-state index is 12.9. The topological polar surface area (TPSA) is 53.3 Å². The molecular weight excluding hydrogens is 265 g/mol. The zero-order valence-corrected chi connectivity index (χ0v) is 9.71. The Morgan fingerprint density at radius 1 is 1.67 bits per heavy atom. The molecule has 0 saturated heterocycles. The molecule has 1 aromatic rings. The molecule has 3 nitrogen and oxygen atoms in total. The van der Waals surface area contributed by atoms with Gasteiger partial charge in [-0.15, -0.1) is 0 Å². The van der Waals surface area contributed by atoms with Gasteiger partial charge in [0.2, 0.25) is 5.90 Å². The molecule has 0 aliphatic rings.